The second kappa shape index (κ2) is 5.16. The van der Waals surface area contributed by atoms with Gasteiger partial charge in [0.2, 0.25) is 11.8 Å². The van der Waals surface area contributed by atoms with Crippen LogP contribution in [0.15, 0.2) is 36.7 Å². The minimum atomic E-state index is 0.603. The zero-order chi connectivity index (χ0) is 13.9. The maximum Gasteiger partial charge on any atom is 0.243 e. The van der Waals surface area contributed by atoms with E-state index in [-0.39, 0.29) is 0 Å². The largest absolute Gasteiger partial charge is 0.481 e. The molecule has 0 spiro atoms. The van der Waals surface area contributed by atoms with E-state index in [1.54, 1.807) is 17.8 Å². The van der Waals surface area contributed by atoms with E-state index in [1.807, 2.05) is 37.4 Å². The molecule has 1 N–H and O–H groups in total. The van der Waals surface area contributed by atoms with Gasteiger partial charge in [0.05, 0.1) is 7.11 Å². The molecule has 0 saturated carbocycles. The van der Waals surface area contributed by atoms with Crippen LogP contribution in [-0.4, -0.2) is 26.7 Å². The van der Waals surface area contributed by atoms with Gasteiger partial charge in [-0.3, -0.25) is 0 Å². The number of ether oxygens (including phenoxy) is 1. The summed E-state index contributed by atoms with van der Waals surface area (Å²) in [7, 11) is 1.60. The molecule has 0 saturated heterocycles. The molecular weight excluding hydrogens is 254 g/mol. The molecule has 3 heterocycles. The van der Waals surface area contributed by atoms with E-state index in [1.165, 1.54) is 0 Å². The zero-order valence-electron chi connectivity index (χ0n) is 11.4. The van der Waals surface area contributed by atoms with Crippen LogP contribution < -0.4 is 10.1 Å². The highest BCUT2D eigenvalue weighted by atomic mass is 16.5. The van der Waals surface area contributed by atoms with Gasteiger partial charge in [-0.05, 0) is 24.1 Å². The van der Waals surface area contributed by atoms with Crippen LogP contribution in [0.3, 0.4) is 0 Å². The Bertz CT molecular complexity index is 720. The summed E-state index contributed by atoms with van der Waals surface area (Å²) < 4.78 is 6.79. The Balaban J connectivity index is 1.72. The lowest BCUT2D eigenvalue weighted by atomic mass is 10.3. The van der Waals surface area contributed by atoms with Gasteiger partial charge in [0, 0.05) is 25.0 Å². The van der Waals surface area contributed by atoms with E-state index in [2.05, 4.69) is 20.4 Å². The zero-order valence-corrected chi connectivity index (χ0v) is 11.4. The molecule has 3 aromatic rings. The van der Waals surface area contributed by atoms with Crippen molar-refractivity contribution >= 4 is 11.6 Å². The van der Waals surface area contributed by atoms with Gasteiger partial charge >= 0.3 is 0 Å². The lowest BCUT2D eigenvalue weighted by molar-refractivity contribution is 0.397. The molecule has 0 amide bonds. The number of rotatable bonds is 4. The summed E-state index contributed by atoms with van der Waals surface area (Å²) in [4.78, 5) is 8.55. The second-order valence-corrected chi connectivity index (χ2v) is 4.51. The third kappa shape index (κ3) is 2.54. The predicted molar refractivity (Wildman–Crippen MR) is 75.8 cm³/mol. The van der Waals surface area contributed by atoms with Crippen LogP contribution in [0.5, 0.6) is 5.88 Å². The van der Waals surface area contributed by atoms with Crippen molar-refractivity contribution in [3.05, 3.63) is 47.8 Å². The van der Waals surface area contributed by atoms with E-state index in [0.717, 1.165) is 16.8 Å². The molecule has 0 aliphatic carbocycles. The Morgan fingerprint density at radius 3 is 2.90 bits per heavy atom. The minimum Gasteiger partial charge on any atom is -0.481 e. The first kappa shape index (κ1) is 12.4. The average molecular weight is 269 g/mol. The molecule has 6 nitrogen and oxygen atoms in total. The highest BCUT2D eigenvalue weighted by Gasteiger charge is 2.03. The van der Waals surface area contributed by atoms with Gasteiger partial charge < -0.3 is 10.1 Å². The summed E-state index contributed by atoms with van der Waals surface area (Å²) in [5.41, 5.74) is 3.01. The number of fused-ring (bicyclic) bond motifs is 1. The third-order valence-corrected chi connectivity index (χ3v) is 2.94. The van der Waals surface area contributed by atoms with Gasteiger partial charge in [-0.25, -0.2) is 9.50 Å². The van der Waals surface area contributed by atoms with Gasteiger partial charge in [0.1, 0.15) is 0 Å². The average Bonchev–Trinajstić information content (AvgIpc) is 2.87. The fourth-order valence-electron chi connectivity index (χ4n) is 1.88. The molecule has 0 bridgehead atoms. The monoisotopic (exact) mass is 269 g/mol. The van der Waals surface area contributed by atoms with Crippen molar-refractivity contribution in [3.8, 4) is 5.88 Å². The van der Waals surface area contributed by atoms with Crippen LogP contribution in [0, 0.1) is 6.92 Å². The normalized spacial score (nSPS) is 10.7. The van der Waals surface area contributed by atoms with Crippen LogP contribution in [0.2, 0.25) is 0 Å². The van der Waals surface area contributed by atoms with Crippen LogP contribution in [0.25, 0.3) is 5.65 Å². The van der Waals surface area contributed by atoms with Crippen molar-refractivity contribution < 1.29 is 4.74 Å². The lowest BCUT2D eigenvalue weighted by Crippen LogP contribution is -2.02. The summed E-state index contributed by atoms with van der Waals surface area (Å²) >= 11 is 0. The van der Waals surface area contributed by atoms with Crippen LogP contribution in [0.1, 0.15) is 11.1 Å². The molecule has 0 fully saturated rings. The van der Waals surface area contributed by atoms with E-state index in [9.17, 15) is 0 Å². The van der Waals surface area contributed by atoms with Crippen molar-refractivity contribution in [1.82, 2.24) is 19.6 Å². The molecule has 0 aliphatic rings. The molecule has 0 aliphatic heterocycles. The number of hydrogen-bond acceptors (Lipinski definition) is 5. The quantitative estimate of drug-likeness (QED) is 0.785. The molecule has 20 heavy (non-hydrogen) atoms. The second-order valence-electron chi connectivity index (χ2n) is 4.51. The van der Waals surface area contributed by atoms with Crippen molar-refractivity contribution in [3.63, 3.8) is 0 Å². The number of anilines is 1. The maximum atomic E-state index is 5.02. The first-order chi connectivity index (χ1) is 9.74. The van der Waals surface area contributed by atoms with Crippen molar-refractivity contribution in [2.75, 3.05) is 12.4 Å². The Hall–Kier alpha value is -2.63. The third-order valence-electron chi connectivity index (χ3n) is 2.94. The highest BCUT2D eigenvalue weighted by Crippen LogP contribution is 2.10. The SMILES string of the molecule is COc1ccc(CNc2nc3ccc(C)cn3n2)cn1. The smallest absolute Gasteiger partial charge is 0.243 e. The van der Waals surface area contributed by atoms with Gasteiger partial charge in [0.25, 0.3) is 0 Å². The predicted octanol–water partition coefficient (Wildman–Crippen LogP) is 2.05. The van der Waals surface area contributed by atoms with E-state index < -0.39 is 0 Å². The van der Waals surface area contributed by atoms with Crippen molar-refractivity contribution in [2.45, 2.75) is 13.5 Å². The topological polar surface area (TPSA) is 64.3 Å². The van der Waals surface area contributed by atoms with Crippen LogP contribution >= 0.6 is 0 Å². The Kier molecular flexibility index (Phi) is 3.20. The molecule has 3 aromatic heterocycles. The fourth-order valence-corrected chi connectivity index (χ4v) is 1.88. The summed E-state index contributed by atoms with van der Waals surface area (Å²) in [6, 6.07) is 7.75. The molecule has 102 valence electrons. The van der Waals surface area contributed by atoms with Gasteiger partial charge in [-0.1, -0.05) is 12.1 Å². The first-order valence-corrected chi connectivity index (χ1v) is 6.30. The summed E-state index contributed by atoms with van der Waals surface area (Å²) in [6.45, 7) is 2.64. The molecule has 3 rings (SSSR count). The fraction of sp³-hybridized carbons (Fsp3) is 0.214. The number of pyridine rings is 2. The number of nitrogens with one attached hydrogen (secondary N) is 1. The molecule has 0 aromatic carbocycles. The number of hydrogen-bond donors (Lipinski definition) is 1. The van der Waals surface area contributed by atoms with E-state index in [4.69, 9.17) is 4.74 Å². The van der Waals surface area contributed by atoms with Gasteiger partial charge in [-0.15, -0.1) is 5.10 Å². The maximum absolute atomic E-state index is 5.02. The lowest BCUT2D eigenvalue weighted by Gasteiger charge is -2.02. The number of aromatic nitrogens is 4. The molecule has 6 heteroatoms. The van der Waals surface area contributed by atoms with Crippen LogP contribution in [-0.2, 0) is 6.54 Å². The summed E-state index contributed by atoms with van der Waals surface area (Å²) in [5.74, 6) is 1.21. The highest BCUT2D eigenvalue weighted by molar-refractivity contribution is 5.44. The summed E-state index contributed by atoms with van der Waals surface area (Å²) in [5, 5.41) is 7.56. The Labute approximate surface area is 116 Å². The molecule has 0 radical (unpaired) electrons. The minimum absolute atomic E-state index is 0.603. The Morgan fingerprint density at radius 1 is 1.25 bits per heavy atom. The van der Waals surface area contributed by atoms with Gasteiger partial charge in [-0.2, -0.15) is 4.98 Å². The number of nitrogens with zero attached hydrogens (tertiary/aromatic N) is 4. The van der Waals surface area contributed by atoms with E-state index in [0.29, 0.717) is 18.4 Å². The molecule has 0 atom stereocenters. The van der Waals surface area contributed by atoms with Gasteiger partial charge in [0.15, 0.2) is 5.65 Å². The molecule has 0 unspecified atom stereocenters. The first-order valence-electron chi connectivity index (χ1n) is 6.30. The Morgan fingerprint density at radius 2 is 2.15 bits per heavy atom. The van der Waals surface area contributed by atoms with Crippen molar-refractivity contribution in [1.29, 1.82) is 0 Å². The van der Waals surface area contributed by atoms with Crippen molar-refractivity contribution in [2.24, 2.45) is 0 Å². The summed E-state index contributed by atoms with van der Waals surface area (Å²) in [6.07, 6.45) is 3.72. The number of methoxy groups -OCH3 is 1. The molecular formula is C14H15N5O. The number of aryl methyl sites for hydroxylation is 1. The van der Waals surface area contributed by atoms with Crippen LogP contribution in [0.4, 0.5) is 5.95 Å². The van der Waals surface area contributed by atoms with E-state index >= 15 is 0 Å². The standard InChI is InChI=1S/C14H15N5O/c1-10-3-5-12-17-14(18-19(12)9-10)16-8-11-4-6-13(20-2)15-7-11/h3-7,9H,8H2,1-2H3,(H,16,18).